The molecule has 0 bridgehead atoms. The fourth-order valence-electron chi connectivity index (χ4n) is 1.00. The van der Waals surface area contributed by atoms with E-state index in [1.165, 1.54) is 6.08 Å². The molecule has 3 N–H and O–H groups in total. The fourth-order valence-corrected chi connectivity index (χ4v) is 1.00. The maximum atomic E-state index is 11.0. The highest BCUT2D eigenvalue weighted by Gasteiger charge is 2.00. The van der Waals surface area contributed by atoms with Crippen LogP contribution in [-0.4, -0.2) is 5.91 Å². The average molecular weight is 176 g/mol. The van der Waals surface area contributed by atoms with Gasteiger partial charge in [0.25, 0.3) is 0 Å². The first-order valence-corrected chi connectivity index (χ1v) is 3.99. The molecule has 0 aliphatic heterocycles. The van der Waals surface area contributed by atoms with Gasteiger partial charge in [-0.1, -0.05) is 24.8 Å². The number of benzene rings is 1. The van der Waals surface area contributed by atoms with Crippen LogP contribution >= 0.6 is 0 Å². The molecule has 1 aromatic rings. The van der Waals surface area contributed by atoms with Crippen molar-refractivity contribution in [3.05, 3.63) is 42.5 Å². The van der Waals surface area contributed by atoms with Crippen LogP contribution in [-0.2, 0) is 11.3 Å². The molecule has 0 saturated heterocycles. The first kappa shape index (κ1) is 9.48. The molecule has 0 aliphatic carbocycles. The molecule has 0 saturated carbocycles. The molecule has 68 valence electrons. The lowest BCUT2D eigenvalue weighted by atomic mass is 10.2. The number of rotatable bonds is 3. The van der Waals surface area contributed by atoms with Gasteiger partial charge in [0.15, 0.2) is 0 Å². The fraction of sp³-hybridized carbons (Fsp3) is 0.100. The van der Waals surface area contributed by atoms with Crippen molar-refractivity contribution in [2.75, 3.05) is 5.32 Å². The quantitative estimate of drug-likeness (QED) is 0.681. The van der Waals surface area contributed by atoms with E-state index >= 15 is 0 Å². The zero-order chi connectivity index (χ0) is 9.68. The third kappa shape index (κ3) is 2.42. The molecule has 3 heteroatoms. The minimum absolute atomic E-state index is 0.221. The first-order valence-electron chi connectivity index (χ1n) is 3.99. The number of para-hydroxylation sites is 1. The van der Waals surface area contributed by atoms with Crippen molar-refractivity contribution in [2.45, 2.75) is 6.54 Å². The summed E-state index contributed by atoms with van der Waals surface area (Å²) in [5, 5.41) is 2.67. The Kier molecular flexibility index (Phi) is 3.23. The zero-order valence-electron chi connectivity index (χ0n) is 7.29. The minimum Gasteiger partial charge on any atom is -0.326 e. The van der Waals surface area contributed by atoms with E-state index in [2.05, 4.69) is 11.9 Å². The molecule has 0 fully saturated rings. The van der Waals surface area contributed by atoms with Gasteiger partial charge >= 0.3 is 0 Å². The van der Waals surface area contributed by atoms with Crippen molar-refractivity contribution in [3.8, 4) is 0 Å². The van der Waals surface area contributed by atoms with E-state index in [-0.39, 0.29) is 5.91 Å². The zero-order valence-corrected chi connectivity index (χ0v) is 7.29. The Morgan fingerprint density at radius 1 is 1.54 bits per heavy atom. The SMILES string of the molecule is C=CC(=O)Nc1ccccc1CN. The first-order chi connectivity index (χ1) is 6.27. The van der Waals surface area contributed by atoms with Crippen molar-refractivity contribution in [2.24, 2.45) is 5.73 Å². The third-order valence-corrected chi connectivity index (χ3v) is 1.68. The Morgan fingerprint density at radius 2 is 2.23 bits per heavy atom. The number of hydrogen-bond acceptors (Lipinski definition) is 2. The molecule has 1 rings (SSSR count). The lowest BCUT2D eigenvalue weighted by Gasteiger charge is -2.06. The van der Waals surface area contributed by atoms with Crippen LogP contribution in [0.3, 0.4) is 0 Å². The van der Waals surface area contributed by atoms with Crippen LogP contribution in [0.5, 0.6) is 0 Å². The van der Waals surface area contributed by atoms with Crippen LogP contribution in [0.1, 0.15) is 5.56 Å². The van der Waals surface area contributed by atoms with Gasteiger partial charge in [-0.05, 0) is 17.7 Å². The molecule has 0 unspecified atom stereocenters. The Balaban J connectivity index is 2.86. The highest BCUT2D eigenvalue weighted by atomic mass is 16.1. The summed E-state index contributed by atoms with van der Waals surface area (Å²) in [7, 11) is 0. The summed E-state index contributed by atoms with van der Waals surface area (Å²) in [6, 6.07) is 7.41. The largest absolute Gasteiger partial charge is 0.326 e. The molecule has 1 aromatic carbocycles. The summed E-state index contributed by atoms with van der Waals surface area (Å²) in [6.07, 6.45) is 1.23. The Bertz CT molecular complexity index is 320. The number of nitrogens with two attached hydrogens (primary N) is 1. The van der Waals surface area contributed by atoms with Gasteiger partial charge in [0.1, 0.15) is 0 Å². The van der Waals surface area contributed by atoms with Gasteiger partial charge in [-0.3, -0.25) is 4.79 Å². The molecular formula is C10H12N2O. The molecule has 0 radical (unpaired) electrons. The minimum atomic E-state index is -0.221. The summed E-state index contributed by atoms with van der Waals surface area (Å²) in [6.45, 7) is 3.78. The van der Waals surface area contributed by atoms with Crippen LogP contribution in [0.15, 0.2) is 36.9 Å². The number of nitrogens with one attached hydrogen (secondary N) is 1. The van der Waals surface area contributed by atoms with Gasteiger partial charge < -0.3 is 11.1 Å². The van der Waals surface area contributed by atoms with Gasteiger partial charge in [0, 0.05) is 12.2 Å². The molecule has 0 spiro atoms. The van der Waals surface area contributed by atoms with Crippen molar-refractivity contribution in [1.82, 2.24) is 0 Å². The van der Waals surface area contributed by atoms with Crippen molar-refractivity contribution < 1.29 is 4.79 Å². The molecule has 0 aliphatic rings. The molecule has 0 atom stereocenters. The van der Waals surface area contributed by atoms with Gasteiger partial charge in [-0.15, -0.1) is 0 Å². The topological polar surface area (TPSA) is 55.1 Å². The van der Waals surface area contributed by atoms with Crippen LogP contribution in [0.2, 0.25) is 0 Å². The summed E-state index contributed by atoms with van der Waals surface area (Å²) < 4.78 is 0. The standard InChI is InChI=1S/C10H12N2O/c1-2-10(13)12-9-6-4-3-5-8(9)7-11/h2-6H,1,7,11H2,(H,12,13). The molecular weight excluding hydrogens is 164 g/mol. The Morgan fingerprint density at radius 3 is 2.85 bits per heavy atom. The van der Waals surface area contributed by atoms with Crippen LogP contribution in [0.4, 0.5) is 5.69 Å². The van der Waals surface area contributed by atoms with E-state index < -0.39 is 0 Å². The summed E-state index contributed by atoms with van der Waals surface area (Å²) in [5.41, 5.74) is 7.15. The number of anilines is 1. The van der Waals surface area contributed by atoms with E-state index in [0.717, 1.165) is 11.3 Å². The van der Waals surface area contributed by atoms with Crippen molar-refractivity contribution in [1.29, 1.82) is 0 Å². The monoisotopic (exact) mass is 176 g/mol. The number of amides is 1. The number of carbonyl (C=O) groups excluding carboxylic acids is 1. The van der Waals surface area contributed by atoms with E-state index in [1.807, 2.05) is 24.3 Å². The lowest BCUT2D eigenvalue weighted by molar-refractivity contribution is -0.111. The second kappa shape index (κ2) is 4.42. The van der Waals surface area contributed by atoms with Crippen molar-refractivity contribution >= 4 is 11.6 Å². The van der Waals surface area contributed by atoms with Crippen molar-refractivity contribution in [3.63, 3.8) is 0 Å². The maximum absolute atomic E-state index is 11.0. The van der Waals surface area contributed by atoms with Gasteiger partial charge in [0.05, 0.1) is 0 Å². The predicted octanol–water partition coefficient (Wildman–Crippen LogP) is 1.27. The van der Waals surface area contributed by atoms with Crippen LogP contribution in [0.25, 0.3) is 0 Å². The van der Waals surface area contributed by atoms with E-state index in [1.54, 1.807) is 0 Å². The Labute approximate surface area is 77.3 Å². The molecule has 3 nitrogen and oxygen atoms in total. The summed E-state index contributed by atoms with van der Waals surface area (Å²) in [5.74, 6) is -0.221. The summed E-state index contributed by atoms with van der Waals surface area (Å²) in [4.78, 5) is 11.0. The maximum Gasteiger partial charge on any atom is 0.247 e. The number of hydrogen-bond donors (Lipinski definition) is 2. The average Bonchev–Trinajstić information content (AvgIpc) is 2.18. The normalized spacial score (nSPS) is 9.31. The van der Waals surface area contributed by atoms with Gasteiger partial charge in [-0.2, -0.15) is 0 Å². The van der Waals surface area contributed by atoms with Crippen LogP contribution < -0.4 is 11.1 Å². The summed E-state index contributed by atoms with van der Waals surface area (Å²) >= 11 is 0. The lowest BCUT2D eigenvalue weighted by Crippen LogP contribution is -2.10. The molecule has 1 amide bonds. The third-order valence-electron chi connectivity index (χ3n) is 1.68. The molecule has 0 heterocycles. The number of carbonyl (C=O) groups is 1. The van der Waals surface area contributed by atoms with Gasteiger partial charge in [-0.25, -0.2) is 0 Å². The highest BCUT2D eigenvalue weighted by molar-refractivity contribution is 5.99. The molecule has 0 aromatic heterocycles. The van der Waals surface area contributed by atoms with E-state index in [0.29, 0.717) is 6.54 Å². The molecule has 13 heavy (non-hydrogen) atoms. The predicted molar refractivity (Wildman–Crippen MR) is 53.2 cm³/mol. The second-order valence-electron chi connectivity index (χ2n) is 2.55. The van der Waals surface area contributed by atoms with E-state index in [9.17, 15) is 4.79 Å². The van der Waals surface area contributed by atoms with E-state index in [4.69, 9.17) is 5.73 Å². The van der Waals surface area contributed by atoms with Crippen LogP contribution in [0, 0.1) is 0 Å². The Hall–Kier alpha value is -1.61. The smallest absolute Gasteiger partial charge is 0.247 e. The van der Waals surface area contributed by atoms with Gasteiger partial charge in [0.2, 0.25) is 5.91 Å². The highest BCUT2D eigenvalue weighted by Crippen LogP contribution is 2.13. The second-order valence-corrected chi connectivity index (χ2v) is 2.55.